The molecule has 2 aromatic heterocycles. The topological polar surface area (TPSA) is 71.9 Å². The van der Waals surface area contributed by atoms with Crippen LogP contribution in [0.3, 0.4) is 0 Å². The monoisotopic (exact) mass is 448 g/mol. The van der Waals surface area contributed by atoms with Crippen LogP contribution in [-0.2, 0) is 14.2 Å². The molecular weight excluding hydrogens is 420 g/mol. The lowest BCUT2D eigenvalue weighted by Gasteiger charge is -2.10. The van der Waals surface area contributed by atoms with E-state index in [1.807, 2.05) is 60.7 Å². The summed E-state index contributed by atoms with van der Waals surface area (Å²) in [4.78, 5) is 8.66. The number of ether oxygens (including phenoxy) is 5. The van der Waals surface area contributed by atoms with Gasteiger partial charge in [0.25, 0.3) is 0 Å². The van der Waals surface area contributed by atoms with E-state index < -0.39 is 0 Å². The van der Waals surface area contributed by atoms with Gasteiger partial charge in [0.2, 0.25) is 0 Å². The molecule has 0 unspecified atom stereocenters. The fraction of sp³-hybridized carbons (Fsp3) is 0.308. The molecule has 0 fully saturated rings. The molecular formula is C26H28N2O5. The molecule has 0 N–H and O–H groups in total. The van der Waals surface area contributed by atoms with E-state index in [0.29, 0.717) is 52.9 Å². The fourth-order valence-electron chi connectivity index (χ4n) is 3.35. The van der Waals surface area contributed by atoms with E-state index in [1.54, 1.807) is 12.4 Å². The second-order valence-electron chi connectivity index (χ2n) is 7.19. The minimum absolute atomic E-state index is 0.476. The molecule has 0 radical (unpaired) electrons. The van der Waals surface area contributed by atoms with Gasteiger partial charge in [-0.1, -0.05) is 24.3 Å². The molecule has 4 rings (SSSR count). The highest BCUT2D eigenvalue weighted by Crippen LogP contribution is 2.24. The van der Waals surface area contributed by atoms with Crippen molar-refractivity contribution in [2.24, 2.45) is 0 Å². The lowest BCUT2D eigenvalue weighted by Crippen LogP contribution is -2.14. The minimum Gasteiger partial charge on any atom is -0.490 e. The number of pyridine rings is 2. The Morgan fingerprint density at radius 1 is 0.455 bits per heavy atom. The number of nitrogens with zero attached hydrogens (tertiary/aromatic N) is 2. The predicted octanol–water partition coefficient (Wildman–Crippen LogP) is 4.29. The van der Waals surface area contributed by atoms with Gasteiger partial charge in [-0.2, -0.15) is 0 Å². The summed E-state index contributed by atoms with van der Waals surface area (Å²) in [5.74, 6) is 1.64. The van der Waals surface area contributed by atoms with Crippen molar-refractivity contribution < 1.29 is 23.7 Å². The average Bonchev–Trinajstić information content (AvgIpc) is 2.87. The number of benzene rings is 2. The van der Waals surface area contributed by atoms with Crippen LogP contribution in [0.4, 0.5) is 0 Å². The second kappa shape index (κ2) is 12.7. The van der Waals surface area contributed by atoms with Crippen LogP contribution in [0.25, 0.3) is 21.8 Å². The maximum Gasteiger partial charge on any atom is 0.130 e. The summed E-state index contributed by atoms with van der Waals surface area (Å²) >= 11 is 0. The number of hydrogen-bond donors (Lipinski definition) is 0. The first-order valence-electron chi connectivity index (χ1n) is 11.1. The molecule has 0 saturated heterocycles. The van der Waals surface area contributed by atoms with Gasteiger partial charge in [0.15, 0.2) is 0 Å². The zero-order valence-electron chi connectivity index (χ0n) is 18.5. The van der Waals surface area contributed by atoms with Crippen molar-refractivity contribution in [1.82, 2.24) is 9.97 Å². The van der Waals surface area contributed by atoms with E-state index in [4.69, 9.17) is 23.7 Å². The van der Waals surface area contributed by atoms with Crippen LogP contribution in [0.1, 0.15) is 0 Å². The molecule has 2 aromatic carbocycles. The molecule has 172 valence electrons. The summed E-state index contributed by atoms with van der Waals surface area (Å²) in [5, 5.41) is 2.01. The lowest BCUT2D eigenvalue weighted by molar-refractivity contribution is 0.00512. The van der Waals surface area contributed by atoms with Crippen molar-refractivity contribution in [2.45, 2.75) is 0 Å². The molecule has 2 heterocycles. The van der Waals surface area contributed by atoms with Gasteiger partial charge < -0.3 is 23.7 Å². The molecule has 7 nitrogen and oxygen atoms in total. The third-order valence-corrected chi connectivity index (χ3v) is 4.93. The van der Waals surface area contributed by atoms with Gasteiger partial charge in [-0.3, -0.25) is 9.97 Å². The maximum absolute atomic E-state index is 5.82. The quantitative estimate of drug-likeness (QED) is 0.267. The molecule has 33 heavy (non-hydrogen) atoms. The second-order valence-corrected chi connectivity index (χ2v) is 7.19. The summed E-state index contributed by atoms with van der Waals surface area (Å²) in [6.07, 6.45) is 3.50. The van der Waals surface area contributed by atoms with Crippen LogP contribution in [-0.4, -0.2) is 62.8 Å². The number of hydrogen-bond acceptors (Lipinski definition) is 7. The molecule has 4 aromatic rings. The Morgan fingerprint density at radius 2 is 0.848 bits per heavy atom. The molecule has 0 atom stereocenters. The Bertz CT molecular complexity index is 1040. The van der Waals surface area contributed by atoms with Crippen LogP contribution in [0, 0.1) is 0 Å². The van der Waals surface area contributed by atoms with Gasteiger partial charge >= 0.3 is 0 Å². The third kappa shape index (κ3) is 6.86. The highest BCUT2D eigenvalue weighted by Gasteiger charge is 2.03. The number of fused-ring (bicyclic) bond motifs is 2. The largest absolute Gasteiger partial charge is 0.490 e. The van der Waals surface area contributed by atoms with Crippen LogP contribution in [0.2, 0.25) is 0 Å². The van der Waals surface area contributed by atoms with Crippen LogP contribution >= 0.6 is 0 Å². The predicted molar refractivity (Wildman–Crippen MR) is 127 cm³/mol. The summed E-state index contributed by atoms with van der Waals surface area (Å²) in [6.45, 7) is 4.00. The fourth-order valence-corrected chi connectivity index (χ4v) is 3.35. The summed E-state index contributed by atoms with van der Waals surface area (Å²) in [7, 11) is 0. The molecule has 0 aliphatic carbocycles. The zero-order valence-corrected chi connectivity index (χ0v) is 18.5. The van der Waals surface area contributed by atoms with Crippen molar-refractivity contribution in [3.05, 3.63) is 73.1 Å². The van der Waals surface area contributed by atoms with E-state index in [1.165, 1.54) is 0 Å². The van der Waals surface area contributed by atoms with Crippen molar-refractivity contribution in [3.8, 4) is 11.5 Å². The molecule has 7 heteroatoms. The van der Waals surface area contributed by atoms with Gasteiger partial charge in [-0.25, -0.2) is 0 Å². The molecule has 0 amide bonds. The summed E-state index contributed by atoms with van der Waals surface area (Å²) in [5.41, 5.74) is 1.84. The summed E-state index contributed by atoms with van der Waals surface area (Å²) in [6, 6.07) is 19.6. The molecule has 0 saturated carbocycles. The van der Waals surface area contributed by atoms with Gasteiger partial charge in [0.05, 0.1) is 50.7 Å². The smallest absolute Gasteiger partial charge is 0.130 e. The van der Waals surface area contributed by atoms with E-state index in [9.17, 15) is 0 Å². The highest BCUT2D eigenvalue weighted by atomic mass is 16.6. The Morgan fingerprint density at radius 3 is 1.30 bits per heavy atom. The van der Waals surface area contributed by atoms with Crippen LogP contribution in [0.15, 0.2) is 73.1 Å². The Hall–Kier alpha value is -3.26. The zero-order chi connectivity index (χ0) is 22.6. The molecule has 0 bridgehead atoms. The lowest BCUT2D eigenvalue weighted by atomic mass is 10.2. The highest BCUT2D eigenvalue weighted by molar-refractivity contribution is 5.85. The van der Waals surface area contributed by atoms with Gasteiger partial charge in [0.1, 0.15) is 24.7 Å². The SMILES string of the molecule is c1ccc2c(OCCOCCOCCOCCOc3ccnc4ccccc34)ccnc2c1. The van der Waals surface area contributed by atoms with E-state index in [2.05, 4.69) is 9.97 Å². The number of aromatic nitrogens is 2. The van der Waals surface area contributed by atoms with Gasteiger partial charge in [0, 0.05) is 23.2 Å². The Labute approximate surface area is 193 Å². The van der Waals surface area contributed by atoms with Gasteiger partial charge in [-0.05, 0) is 36.4 Å². The Kier molecular flexibility index (Phi) is 8.82. The van der Waals surface area contributed by atoms with Crippen molar-refractivity contribution >= 4 is 21.8 Å². The van der Waals surface area contributed by atoms with E-state index in [-0.39, 0.29) is 0 Å². The third-order valence-electron chi connectivity index (χ3n) is 4.93. The molecule has 0 aliphatic heterocycles. The van der Waals surface area contributed by atoms with Crippen LogP contribution < -0.4 is 9.47 Å². The van der Waals surface area contributed by atoms with Crippen molar-refractivity contribution in [2.75, 3.05) is 52.9 Å². The Balaban J connectivity index is 0.994. The van der Waals surface area contributed by atoms with Crippen molar-refractivity contribution in [3.63, 3.8) is 0 Å². The number of para-hydroxylation sites is 2. The van der Waals surface area contributed by atoms with Crippen LogP contribution in [0.5, 0.6) is 11.5 Å². The van der Waals surface area contributed by atoms with E-state index in [0.717, 1.165) is 33.3 Å². The first-order valence-corrected chi connectivity index (χ1v) is 11.1. The minimum atomic E-state index is 0.476. The first kappa shape index (κ1) is 22.9. The maximum atomic E-state index is 5.82. The first-order chi connectivity index (χ1) is 16.4. The van der Waals surface area contributed by atoms with Crippen molar-refractivity contribution in [1.29, 1.82) is 0 Å². The summed E-state index contributed by atoms with van der Waals surface area (Å²) < 4.78 is 28.3. The number of rotatable bonds is 14. The average molecular weight is 449 g/mol. The normalized spacial score (nSPS) is 11.2. The van der Waals surface area contributed by atoms with Gasteiger partial charge in [-0.15, -0.1) is 0 Å². The van der Waals surface area contributed by atoms with E-state index >= 15 is 0 Å². The molecule has 0 spiro atoms. The molecule has 0 aliphatic rings. The standard InChI is InChI=1S/C26H28N2O5/c1-3-7-23-21(5-1)25(9-11-27-23)32-19-17-30-15-13-29-14-16-31-18-20-33-26-10-12-28-24-8-4-2-6-22(24)26/h1-12H,13-20H2.